The van der Waals surface area contributed by atoms with E-state index in [1.165, 1.54) is 12.1 Å². The molecular weight excluding hydrogens is 342 g/mol. The van der Waals surface area contributed by atoms with Gasteiger partial charge in [-0.05, 0) is 37.9 Å². The van der Waals surface area contributed by atoms with Crippen LogP contribution in [0.3, 0.4) is 0 Å². The van der Waals surface area contributed by atoms with E-state index in [1.807, 2.05) is 6.08 Å². The molecule has 2 rings (SSSR count). The predicted molar refractivity (Wildman–Crippen MR) is 90.6 cm³/mol. The van der Waals surface area contributed by atoms with Gasteiger partial charge in [0.05, 0.1) is 9.82 Å². The molecule has 0 aromatic heterocycles. The van der Waals surface area contributed by atoms with Gasteiger partial charge in [-0.1, -0.05) is 11.6 Å². The van der Waals surface area contributed by atoms with Crippen molar-refractivity contribution in [2.24, 2.45) is 0 Å². The maximum absolute atomic E-state index is 12.5. The number of nitrogens with zero attached hydrogens (tertiary/aromatic N) is 1. The van der Waals surface area contributed by atoms with Crippen LogP contribution in [0.15, 0.2) is 28.7 Å². The van der Waals surface area contributed by atoms with Crippen LogP contribution in [0.25, 0.3) is 0 Å². The van der Waals surface area contributed by atoms with Crippen molar-refractivity contribution in [2.45, 2.75) is 25.2 Å². The summed E-state index contributed by atoms with van der Waals surface area (Å²) in [5.41, 5.74) is 1.69. The minimum Gasteiger partial charge on any atom is -0.313 e. The van der Waals surface area contributed by atoms with Gasteiger partial charge >= 0.3 is 0 Å². The summed E-state index contributed by atoms with van der Waals surface area (Å²) in [6, 6.07) is 2.57. The maximum atomic E-state index is 12.5. The number of sulfonamides is 1. The average molecular weight is 362 g/mol. The molecule has 9 heteroatoms. The lowest BCUT2D eigenvalue weighted by atomic mass is 10.1. The molecule has 23 heavy (non-hydrogen) atoms. The smallest absolute Gasteiger partial charge is 0.270 e. The van der Waals surface area contributed by atoms with Crippen molar-refractivity contribution in [1.82, 2.24) is 10.0 Å². The Balaban J connectivity index is 0.00000264. The number of hydrogen-bond donors (Lipinski definition) is 2. The van der Waals surface area contributed by atoms with Crippen LogP contribution in [0.5, 0.6) is 0 Å². The Labute approximate surface area is 141 Å². The van der Waals surface area contributed by atoms with Crippen LogP contribution in [0.4, 0.5) is 5.69 Å². The Morgan fingerprint density at radius 3 is 2.39 bits per heavy atom. The number of aryl methyl sites for hydroxylation is 2. The van der Waals surface area contributed by atoms with Gasteiger partial charge in [-0.3, -0.25) is 10.1 Å². The number of rotatable bonds is 5. The van der Waals surface area contributed by atoms with Gasteiger partial charge in [-0.2, -0.15) is 0 Å². The van der Waals surface area contributed by atoms with Gasteiger partial charge in [0.2, 0.25) is 10.0 Å². The normalized spacial score (nSPS) is 14.8. The summed E-state index contributed by atoms with van der Waals surface area (Å²) in [5.74, 6) is 0. The van der Waals surface area contributed by atoms with E-state index in [2.05, 4.69) is 10.0 Å². The third-order valence-corrected chi connectivity index (χ3v) is 5.28. The molecule has 1 aliphatic heterocycles. The fourth-order valence-corrected chi connectivity index (χ4v) is 4.03. The highest BCUT2D eigenvalue weighted by atomic mass is 35.5. The fraction of sp³-hybridized carbons (Fsp3) is 0.429. The Hall–Kier alpha value is -1.48. The lowest BCUT2D eigenvalue weighted by molar-refractivity contribution is -0.385. The standard InChI is InChI=1S/C14H19N3O4S.ClH/c1-10-7-13(17(18)19)8-11(2)14(10)22(20,21)16-9-12-3-5-15-6-4-12;/h3,7-8,15-16H,4-6,9H2,1-2H3;1H. The molecule has 0 saturated heterocycles. The minimum absolute atomic E-state index is 0. The average Bonchev–Trinajstić information content (AvgIpc) is 2.45. The number of benzene rings is 1. The largest absolute Gasteiger partial charge is 0.313 e. The highest BCUT2D eigenvalue weighted by Crippen LogP contribution is 2.25. The number of non-ortho nitro benzene ring substituents is 1. The SMILES string of the molecule is Cc1cc([N+](=O)[O-])cc(C)c1S(=O)(=O)NCC1=CCNCC1.Cl. The number of nitrogens with one attached hydrogen (secondary N) is 2. The van der Waals surface area contributed by atoms with Crippen LogP contribution >= 0.6 is 12.4 Å². The molecule has 0 unspecified atom stereocenters. The molecule has 1 aromatic carbocycles. The van der Waals surface area contributed by atoms with Crippen molar-refractivity contribution in [2.75, 3.05) is 19.6 Å². The van der Waals surface area contributed by atoms with E-state index >= 15 is 0 Å². The van der Waals surface area contributed by atoms with Gasteiger partial charge in [0.15, 0.2) is 0 Å². The van der Waals surface area contributed by atoms with E-state index in [0.29, 0.717) is 11.1 Å². The number of nitro benzene ring substituents is 1. The first kappa shape index (κ1) is 19.6. The van der Waals surface area contributed by atoms with Crippen LogP contribution in [-0.2, 0) is 10.0 Å². The van der Waals surface area contributed by atoms with E-state index < -0.39 is 14.9 Å². The van der Waals surface area contributed by atoms with Crippen molar-refractivity contribution >= 4 is 28.1 Å². The third kappa shape index (κ3) is 4.74. The van der Waals surface area contributed by atoms with Crippen LogP contribution in [0.1, 0.15) is 17.5 Å². The van der Waals surface area contributed by atoms with Gasteiger partial charge in [-0.15, -0.1) is 12.4 Å². The zero-order valence-electron chi connectivity index (χ0n) is 13.0. The molecule has 0 spiro atoms. The summed E-state index contributed by atoms with van der Waals surface area (Å²) in [7, 11) is -3.70. The summed E-state index contributed by atoms with van der Waals surface area (Å²) in [4.78, 5) is 10.4. The molecule has 128 valence electrons. The maximum Gasteiger partial charge on any atom is 0.270 e. The number of halogens is 1. The molecule has 1 aromatic rings. The summed E-state index contributed by atoms with van der Waals surface area (Å²) >= 11 is 0. The highest BCUT2D eigenvalue weighted by molar-refractivity contribution is 7.89. The number of hydrogen-bond acceptors (Lipinski definition) is 5. The Bertz CT molecular complexity index is 709. The van der Waals surface area contributed by atoms with Crippen molar-refractivity contribution in [3.63, 3.8) is 0 Å². The monoisotopic (exact) mass is 361 g/mol. The molecule has 0 bridgehead atoms. The zero-order valence-corrected chi connectivity index (χ0v) is 14.6. The molecule has 2 N–H and O–H groups in total. The van der Waals surface area contributed by atoms with Crippen molar-refractivity contribution < 1.29 is 13.3 Å². The predicted octanol–water partition coefficient (Wildman–Crippen LogP) is 1.83. The summed E-state index contributed by atoms with van der Waals surface area (Å²) in [5, 5.41) is 14.0. The highest BCUT2D eigenvalue weighted by Gasteiger charge is 2.22. The van der Waals surface area contributed by atoms with Gasteiger partial charge in [0.25, 0.3) is 5.69 Å². The number of nitro groups is 1. The molecule has 0 radical (unpaired) electrons. The second-order valence-electron chi connectivity index (χ2n) is 5.31. The first-order valence-electron chi connectivity index (χ1n) is 6.95. The topological polar surface area (TPSA) is 101 Å². The first-order chi connectivity index (χ1) is 10.3. The second-order valence-corrected chi connectivity index (χ2v) is 7.01. The van der Waals surface area contributed by atoms with Crippen LogP contribution in [0.2, 0.25) is 0 Å². The van der Waals surface area contributed by atoms with Crippen LogP contribution in [0, 0.1) is 24.0 Å². The lowest BCUT2D eigenvalue weighted by Crippen LogP contribution is -2.30. The Morgan fingerprint density at radius 2 is 1.91 bits per heavy atom. The fourth-order valence-electron chi connectivity index (χ4n) is 2.55. The molecule has 7 nitrogen and oxygen atoms in total. The van der Waals surface area contributed by atoms with Crippen molar-refractivity contribution in [3.05, 3.63) is 45.0 Å². The Kier molecular flexibility index (Phi) is 6.69. The first-order valence-corrected chi connectivity index (χ1v) is 8.43. The van der Waals surface area contributed by atoms with Crippen LogP contribution < -0.4 is 10.0 Å². The quantitative estimate of drug-likeness (QED) is 0.473. The van der Waals surface area contributed by atoms with E-state index in [1.54, 1.807) is 13.8 Å². The summed E-state index contributed by atoms with van der Waals surface area (Å²) < 4.78 is 27.5. The van der Waals surface area contributed by atoms with E-state index in [0.717, 1.165) is 25.1 Å². The van der Waals surface area contributed by atoms with Gasteiger partial charge in [0.1, 0.15) is 0 Å². The van der Waals surface area contributed by atoms with E-state index in [4.69, 9.17) is 0 Å². The van der Waals surface area contributed by atoms with E-state index in [-0.39, 0.29) is 29.5 Å². The van der Waals surface area contributed by atoms with E-state index in [9.17, 15) is 18.5 Å². The minimum atomic E-state index is -3.70. The molecule has 1 aliphatic rings. The molecule has 0 fully saturated rings. The molecule has 1 heterocycles. The molecule has 0 aliphatic carbocycles. The Morgan fingerprint density at radius 1 is 1.30 bits per heavy atom. The molecular formula is C14H20ClN3O4S. The summed E-state index contributed by atoms with van der Waals surface area (Å²) in [6.45, 7) is 4.98. The van der Waals surface area contributed by atoms with Crippen molar-refractivity contribution in [1.29, 1.82) is 0 Å². The summed E-state index contributed by atoms with van der Waals surface area (Å²) in [6.07, 6.45) is 2.78. The van der Waals surface area contributed by atoms with Gasteiger partial charge in [-0.25, -0.2) is 13.1 Å². The zero-order chi connectivity index (χ0) is 16.3. The van der Waals surface area contributed by atoms with Crippen molar-refractivity contribution in [3.8, 4) is 0 Å². The lowest BCUT2D eigenvalue weighted by Gasteiger charge is -2.16. The van der Waals surface area contributed by atoms with Gasteiger partial charge in [0, 0.05) is 25.2 Å². The van der Waals surface area contributed by atoms with Gasteiger partial charge < -0.3 is 5.32 Å². The van der Waals surface area contributed by atoms with Crippen LogP contribution in [-0.4, -0.2) is 33.0 Å². The molecule has 0 amide bonds. The second kappa shape index (κ2) is 7.87. The molecule has 0 saturated carbocycles. The third-order valence-electron chi connectivity index (χ3n) is 3.57. The molecule has 0 atom stereocenters.